The van der Waals surface area contributed by atoms with Crippen LogP contribution >= 0.6 is 15.9 Å². The van der Waals surface area contributed by atoms with Gasteiger partial charge in [0.05, 0.1) is 0 Å². The van der Waals surface area contributed by atoms with E-state index in [0.29, 0.717) is 29.9 Å². The summed E-state index contributed by atoms with van der Waals surface area (Å²) in [5, 5.41) is 0. The molecular formula is C16H15BrFNO2. The number of hydrogen-bond acceptors (Lipinski definition) is 3. The zero-order valence-electron chi connectivity index (χ0n) is 11.3. The van der Waals surface area contributed by atoms with Crippen molar-refractivity contribution in [2.24, 2.45) is 5.73 Å². The predicted molar refractivity (Wildman–Crippen MR) is 82.2 cm³/mol. The average Bonchev–Trinajstić information content (AvgIpc) is 2.45. The highest BCUT2D eigenvalue weighted by atomic mass is 79.9. The number of para-hydroxylation sites is 1. The summed E-state index contributed by atoms with van der Waals surface area (Å²) in [6.07, 6.45) is 0.524. The number of benzene rings is 2. The Balaban J connectivity index is 1.87. The van der Waals surface area contributed by atoms with E-state index < -0.39 is 0 Å². The summed E-state index contributed by atoms with van der Waals surface area (Å²) in [5.74, 6) is 1.14. The van der Waals surface area contributed by atoms with Crippen LogP contribution in [0, 0.1) is 5.82 Å². The van der Waals surface area contributed by atoms with Crippen LogP contribution in [0.15, 0.2) is 40.9 Å². The Labute approximate surface area is 131 Å². The van der Waals surface area contributed by atoms with Crippen molar-refractivity contribution in [2.75, 3.05) is 13.2 Å². The molecule has 0 saturated heterocycles. The summed E-state index contributed by atoms with van der Waals surface area (Å²) < 4.78 is 25.4. The molecule has 0 radical (unpaired) electrons. The maximum atomic E-state index is 13.4. The minimum absolute atomic E-state index is 0.277. The molecule has 0 saturated carbocycles. The molecule has 1 unspecified atom stereocenters. The average molecular weight is 352 g/mol. The van der Waals surface area contributed by atoms with Gasteiger partial charge in [0.2, 0.25) is 0 Å². The monoisotopic (exact) mass is 351 g/mol. The van der Waals surface area contributed by atoms with Gasteiger partial charge in [-0.2, -0.15) is 0 Å². The van der Waals surface area contributed by atoms with Gasteiger partial charge in [0, 0.05) is 16.1 Å². The zero-order chi connectivity index (χ0) is 14.8. The van der Waals surface area contributed by atoms with Crippen molar-refractivity contribution in [3.05, 3.63) is 57.8 Å². The number of fused-ring (bicyclic) bond motifs is 1. The van der Waals surface area contributed by atoms with Gasteiger partial charge in [0.25, 0.3) is 0 Å². The van der Waals surface area contributed by atoms with Crippen LogP contribution in [0.1, 0.15) is 17.2 Å². The van der Waals surface area contributed by atoms with Crippen molar-refractivity contribution in [2.45, 2.75) is 12.5 Å². The minimum Gasteiger partial charge on any atom is -0.486 e. The van der Waals surface area contributed by atoms with E-state index in [4.69, 9.17) is 15.2 Å². The highest BCUT2D eigenvalue weighted by Crippen LogP contribution is 2.37. The van der Waals surface area contributed by atoms with E-state index in [2.05, 4.69) is 15.9 Å². The van der Waals surface area contributed by atoms with Crippen molar-refractivity contribution in [1.29, 1.82) is 0 Å². The van der Waals surface area contributed by atoms with Crippen molar-refractivity contribution in [3.63, 3.8) is 0 Å². The Morgan fingerprint density at radius 1 is 1.19 bits per heavy atom. The third kappa shape index (κ3) is 3.19. The summed E-state index contributed by atoms with van der Waals surface area (Å²) in [7, 11) is 0. The summed E-state index contributed by atoms with van der Waals surface area (Å²) in [4.78, 5) is 0. The molecule has 0 fully saturated rings. The molecule has 5 heteroatoms. The van der Waals surface area contributed by atoms with Crippen LogP contribution in [-0.2, 0) is 6.42 Å². The highest BCUT2D eigenvalue weighted by molar-refractivity contribution is 9.10. The third-order valence-corrected chi connectivity index (χ3v) is 3.83. The molecule has 2 aromatic rings. The number of nitrogens with two attached hydrogens (primary N) is 1. The number of ether oxygens (including phenoxy) is 2. The fourth-order valence-electron chi connectivity index (χ4n) is 2.48. The quantitative estimate of drug-likeness (QED) is 0.918. The third-order valence-electron chi connectivity index (χ3n) is 3.37. The van der Waals surface area contributed by atoms with Crippen molar-refractivity contribution >= 4 is 15.9 Å². The van der Waals surface area contributed by atoms with Crippen LogP contribution in [-0.4, -0.2) is 13.2 Å². The first kappa shape index (κ1) is 14.4. The van der Waals surface area contributed by atoms with E-state index >= 15 is 0 Å². The molecule has 1 aliphatic rings. The maximum Gasteiger partial charge on any atom is 0.166 e. The smallest absolute Gasteiger partial charge is 0.166 e. The van der Waals surface area contributed by atoms with Crippen LogP contribution in [0.5, 0.6) is 11.5 Å². The number of hydrogen-bond donors (Lipinski definition) is 1. The van der Waals surface area contributed by atoms with Gasteiger partial charge in [-0.25, -0.2) is 4.39 Å². The first-order valence-electron chi connectivity index (χ1n) is 6.72. The molecule has 3 nitrogen and oxygen atoms in total. The van der Waals surface area contributed by atoms with Crippen LogP contribution in [0.2, 0.25) is 0 Å². The predicted octanol–water partition coefficient (Wildman–Crippen LogP) is 3.60. The normalized spacial score (nSPS) is 14.8. The molecule has 0 aliphatic carbocycles. The lowest BCUT2D eigenvalue weighted by Crippen LogP contribution is -2.20. The van der Waals surface area contributed by atoms with Crippen LogP contribution < -0.4 is 15.2 Å². The first-order chi connectivity index (χ1) is 10.1. The Kier molecular flexibility index (Phi) is 4.12. The Morgan fingerprint density at radius 2 is 2.00 bits per heavy atom. The topological polar surface area (TPSA) is 44.5 Å². The number of halogens is 2. The van der Waals surface area contributed by atoms with E-state index in [1.54, 1.807) is 0 Å². The van der Waals surface area contributed by atoms with Gasteiger partial charge in [0.15, 0.2) is 11.5 Å². The summed E-state index contributed by atoms with van der Waals surface area (Å²) in [6, 6.07) is 10.2. The molecule has 3 rings (SSSR count). The van der Waals surface area contributed by atoms with E-state index in [1.165, 1.54) is 12.1 Å². The summed E-state index contributed by atoms with van der Waals surface area (Å²) in [6.45, 7) is 1.06. The molecule has 1 heterocycles. The molecule has 2 aromatic carbocycles. The molecular weight excluding hydrogens is 337 g/mol. The Hall–Kier alpha value is -1.59. The van der Waals surface area contributed by atoms with E-state index in [0.717, 1.165) is 16.9 Å². The van der Waals surface area contributed by atoms with Gasteiger partial charge in [0.1, 0.15) is 19.0 Å². The van der Waals surface area contributed by atoms with Gasteiger partial charge in [-0.15, -0.1) is 0 Å². The minimum atomic E-state index is -0.282. The van der Waals surface area contributed by atoms with Gasteiger partial charge < -0.3 is 15.2 Å². The SMILES string of the molecule is NC(Cc1cc(F)cc(Br)c1)c1cccc2c1OCCO2. The largest absolute Gasteiger partial charge is 0.486 e. The molecule has 0 aromatic heterocycles. The fraction of sp³-hybridized carbons (Fsp3) is 0.250. The lowest BCUT2D eigenvalue weighted by Gasteiger charge is -2.23. The highest BCUT2D eigenvalue weighted by Gasteiger charge is 2.20. The zero-order valence-corrected chi connectivity index (χ0v) is 12.9. The first-order valence-corrected chi connectivity index (χ1v) is 7.52. The molecule has 0 spiro atoms. The van der Waals surface area contributed by atoms with Gasteiger partial charge >= 0.3 is 0 Å². The molecule has 2 N–H and O–H groups in total. The Bertz CT molecular complexity index is 642. The summed E-state index contributed by atoms with van der Waals surface area (Å²) >= 11 is 3.29. The lowest BCUT2D eigenvalue weighted by atomic mass is 9.98. The summed E-state index contributed by atoms with van der Waals surface area (Å²) in [5.41, 5.74) is 8.00. The van der Waals surface area contributed by atoms with Crippen LogP contribution in [0.4, 0.5) is 4.39 Å². The van der Waals surface area contributed by atoms with E-state index in [-0.39, 0.29) is 11.9 Å². The van der Waals surface area contributed by atoms with Gasteiger partial charge in [-0.05, 0) is 36.2 Å². The van der Waals surface area contributed by atoms with Crippen LogP contribution in [0.25, 0.3) is 0 Å². The van der Waals surface area contributed by atoms with Crippen molar-refractivity contribution in [3.8, 4) is 11.5 Å². The second-order valence-corrected chi connectivity index (χ2v) is 5.88. The van der Waals surface area contributed by atoms with Gasteiger partial charge in [-0.1, -0.05) is 28.1 Å². The lowest BCUT2D eigenvalue weighted by molar-refractivity contribution is 0.169. The molecule has 21 heavy (non-hydrogen) atoms. The maximum absolute atomic E-state index is 13.4. The van der Waals surface area contributed by atoms with Gasteiger partial charge in [-0.3, -0.25) is 0 Å². The second-order valence-electron chi connectivity index (χ2n) is 4.96. The molecule has 110 valence electrons. The fourth-order valence-corrected chi connectivity index (χ4v) is 2.99. The molecule has 0 amide bonds. The number of rotatable bonds is 3. The van der Waals surface area contributed by atoms with Crippen LogP contribution in [0.3, 0.4) is 0 Å². The van der Waals surface area contributed by atoms with E-state index in [9.17, 15) is 4.39 Å². The standard InChI is InChI=1S/C16H15BrFNO2/c17-11-6-10(7-12(18)9-11)8-14(19)13-2-1-3-15-16(13)21-5-4-20-15/h1-3,6-7,9,14H,4-5,8,19H2. The molecule has 1 aliphatic heterocycles. The second kappa shape index (κ2) is 6.03. The molecule has 0 bridgehead atoms. The Morgan fingerprint density at radius 3 is 2.81 bits per heavy atom. The van der Waals surface area contributed by atoms with Crippen molar-refractivity contribution in [1.82, 2.24) is 0 Å². The molecule has 1 atom stereocenters. The van der Waals surface area contributed by atoms with E-state index in [1.807, 2.05) is 24.3 Å². The van der Waals surface area contributed by atoms with Crippen molar-refractivity contribution < 1.29 is 13.9 Å².